The zero-order valence-corrected chi connectivity index (χ0v) is 11.8. The summed E-state index contributed by atoms with van der Waals surface area (Å²) in [4.78, 5) is 22.9. The zero-order valence-electron chi connectivity index (χ0n) is 11.1. The van der Waals surface area contributed by atoms with Crippen molar-refractivity contribution in [3.63, 3.8) is 0 Å². The van der Waals surface area contributed by atoms with Crippen LogP contribution in [0.4, 0.5) is 0 Å². The average molecular weight is 300 g/mol. The van der Waals surface area contributed by atoms with Crippen molar-refractivity contribution < 1.29 is 14.7 Å². The van der Waals surface area contributed by atoms with Crippen LogP contribution in [0.5, 0.6) is 0 Å². The molecule has 1 saturated carbocycles. The van der Waals surface area contributed by atoms with Gasteiger partial charge >= 0.3 is 5.97 Å². The van der Waals surface area contributed by atoms with Gasteiger partial charge in [-0.05, 0) is 18.8 Å². The number of nitrogens with zero attached hydrogens (tertiary/aromatic N) is 2. The molecule has 1 aliphatic carbocycles. The molecule has 0 bridgehead atoms. The Balaban J connectivity index is 1.92. The lowest BCUT2D eigenvalue weighted by Gasteiger charge is -2.23. The number of rotatable bonds is 6. The Hall–Kier alpha value is -1.56. The van der Waals surface area contributed by atoms with E-state index in [4.69, 9.17) is 16.7 Å². The molecule has 1 unspecified atom stereocenters. The van der Waals surface area contributed by atoms with Crippen LogP contribution in [0.15, 0.2) is 12.4 Å². The summed E-state index contributed by atoms with van der Waals surface area (Å²) in [6.07, 6.45) is 7.15. The second-order valence-electron chi connectivity index (χ2n) is 5.17. The summed E-state index contributed by atoms with van der Waals surface area (Å²) in [5.41, 5.74) is 0. The van der Waals surface area contributed by atoms with Crippen molar-refractivity contribution in [2.45, 2.75) is 44.7 Å². The fourth-order valence-corrected chi connectivity index (χ4v) is 2.86. The van der Waals surface area contributed by atoms with Gasteiger partial charge in [0, 0.05) is 12.2 Å². The molecule has 0 spiro atoms. The number of carbonyl (C=O) groups excluding carboxylic acids is 1. The van der Waals surface area contributed by atoms with Gasteiger partial charge in [-0.25, -0.2) is 0 Å². The normalized spacial score (nSPS) is 17.1. The summed E-state index contributed by atoms with van der Waals surface area (Å²) in [5.74, 6) is -0.858. The van der Waals surface area contributed by atoms with Gasteiger partial charge in [0.2, 0.25) is 5.91 Å². The Morgan fingerprint density at radius 1 is 1.50 bits per heavy atom. The van der Waals surface area contributed by atoms with Crippen LogP contribution in [0.2, 0.25) is 5.02 Å². The molecular weight excluding hydrogens is 282 g/mol. The highest BCUT2D eigenvalue weighted by atomic mass is 35.5. The van der Waals surface area contributed by atoms with Gasteiger partial charge in [-0.1, -0.05) is 24.4 Å². The van der Waals surface area contributed by atoms with Crippen LogP contribution in [0.1, 0.15) is 32.1 Å². The van der Waals surface area contributed by atoms with E-state index in [0.29, 0.717) is 5.02 Å². The minimum absolute atomic E-state index is 0.0315. The smallest absolute Gasteiger partial charge is 0.305 e. The minimum atomic E-state index is -0.885. The van der Waals surface area contributed by atoms with Gasteiger partial charge in [-0.15, -0.1) is 0 Å². The first-order valence-electron chi connectivity index (χ1n) is 6.73. The highest BCUT2D eigenvalue weighted by molar-refractivity contribution is 6.30. The van der Waals surface area contributed by atoms with Gasteiger partial charge in [0.1, 0.15) is 6.54 Å². The molecular formula is C13H18ClN3O3. The highest BCUT2D eigenvalue weighted by Crippen LogP contribution is 2.29. The SMILES string of the molecule is O=C(O)CC(NC(=O)Cn1cc(Cl)cn1)C1CCCC1. The third-order valence-corrected chi connectivity index (χ3v) is 3.81. The van der Waals surface area contributed by atoms with Crippen LogP contribution in [0.25, 0.3) is 0 Å². The summed E-state index contributed by atoms with van der Waals surface area (Å²) >= 11 is 5.73. The van der Waals surface area contributed by atoms with E-state index >= 15 is 0 Å². The second-order valence-corrected chi connectivity index (χ2v) is 5.61. The largest absolute Gasteiger partial charge is 0.481 e. The van der Waals surface area contributed by atoms with Crippen LogP contribution >= 0.6 is 11.6 Å². The van der Waals surface area contributed by atoms with Crippen molar-refractivity contribution in [1.29, 1.82) is 0 Å². The summed E-state index contributed by atoms with van der Waals surface area (Å²) in [6, 6.07) is -0.298. The van der Waals surface area contributed by atoms with Crippen molar-refractivity contribution in [2.75, 3.05) is 0 Å². The van der Waals surface area contributed by atoms with Crippen LogP contribution < -0.4 is 5.32 Å². The van der Waals surface area contributed by atoms with E-state index in [1.165, 1.54) is 10.9 Å². The van der Waals surface area contributed by atoms with Gasteiger partial charge in [0.05, 0.1) is 17.6 Å². The van der Waals surface area contributed by atoms with E-state index in [0.717, 1.165) is 25.7 Å². The van der Waals surface area contributed by atoms with E-state index in [9.17, 15) is 9.59 Å². The number of hydrogen-bond acceptors (Lipinski definition) is 3. The Morgan fingerprint density at radius 3 is 2.75 bits per heavy atom. The molecule has 0 aliphatic heterocycles. The molecule has 20 heavy (non-hydrogen) atoms. The average Bonchev–Trinajstić information content (AvgIpc) is 2.99. The third-order valence-electron chi connectivity index (χ3n) is 3.62. The fourth-order valence-electron chi connectivity index (χ4n) is 2.71. The summed E-state index contributed by atoms with van der Waals surface area (Å²) in [6.45, 7) is 0.0511. The highest BCUT2D eigenvalue weighted by Gasteiger charge is 2.28. The number of carboxylic acids is 1. The van der Waals surface area contributed by atoms with Crippen molar-refractivity contribution in [1.82, 2.24) is 15.1 Å². The first-order chi connectivity index (χ1) is 9.54. The van der Waals surface area contributed by atoms with Crippen molar-refractivity contribution in [3.05, 3.63) is 17.4 Å². The molecule has 0 saturated heterocycles. The molecule has 1 aromatic heterocycles. The molecule has 1 aromatic rings. The zero-order chi connectivity index (χ0) is 14.5. The van der Waals surface area contributed by atoms with Crippen LogP contribution in [-0.4, -0.2) is 32.8 Å². The lowest BCUT2D eigenvalue weighted by atomic mass is 9.95. The predicted octanol–water partition coefficient (Wildman–Crippen LogP) is 1.69. The molecule has 7 heteroatoms. The molecule has 1 amide bonds. The van der Waals surface area contributed by atoms with E-state index in [1.807, 2.05) is 0 Å². The van der Waals surface area contributed by atoms with Gasteiger partial charge in [0.25, 0.3) is 0 Å². The summed E-state index contributed by atoms with van der Waals surface area (Å²) in [7, 11) is 0. The fraction of sp³-hybridized carbons (Fsp3) is 0.615. The Morgan fingerprint density at radius 2 is 2.20 bits per heavy atom. The lowest BCUT2D eigenvalue weighted by Crippen LogP contribution is -2.42. The summed E-state index contributed by atoms with van der Waals surface area (Å²) in [5, 5.41) is 16.2. The number of carboxylic acid groups (broad SMARTS) is 1. The van der Waals surface area contributed by atoms with Crippen LogP contribution in [0, 0.1) is 5.92 Å². The Bertz CT molecular complexity index is 483. The number of halogens is 1. The number of hydrogen-bond donors (Lipinski definition) is 2. The minimum Gasteiger partial charge on any atom is -0.481 e. The topological polar surface area (TPSA) is 84.2 Å². The maximum atomic E-state index is 12.0. The number of nitrogens with one attached hydrogen (secondary N) is 1. The van der Waals surface area contributed by atoms with Crippen molar-refractivity contribution >= 4 is 23.5 Å². The Kier molecular flexibility index (Phi) is 5.00. The second kappa shape index (κ2) is 6.74. The first-order valence-corrected chi connectivity index (χ1v) is 7.11. The molecule has 110 valence electrons. The first kappa shape index (κ1) is 14.8. The van der Waals surface area contributed by atoms with Crippen molar-refractivity contribution in [3.8, 4) is 0 Å². The molecule has 2 rings (SSSR count). The van der Waals surface area contributed by atoms with E-state index in [1.54, 1.807) is 6.20 Å². The molecule has 0 aromatic carbocycles. The van der Waals surface area contributed by atoms with Crippen LogP contribution in [-0.2, 0) is 16.1 Å². The molecule has 1 fully saturated rings. The number of aliphatic carboxylic acids is 1. The molecule has 0 radical (unpaired) electrons. The van der Waals surface area contributed by atoms with Gasteiger partial charge in [-0.2, -0.15) is 5.10 Å². The van der Waals surface area contributed by atoms with E-state index in [2.05, 4.69) is 10.4 Å². The number of carbonyl (C=O) groups is 2. The van der Waals surface area contributed by atoms with Gasteiger partial charge < -0.3 is 10.4 Å². The van der Waals surface area contributed by atoms with Crippen LogP contribution in [0.3, 0.4) is 0 Å². The lowest BCUT2D eigenvalue weighted by molar-refractivity contribution is -0.138. The molecule has 6 nitrogen and oxygen atoms in total. The summed E-state index contributed by atoms with van der Waals surface area (Å²) < 4.78 is 1.43. The maximum Gasteiger partial charge on any atom is 0.305 e. The Labute approximate surface area is 122 Å². The molecule has 2 N–H and O–H groups in total. The number of amides is 1. The van der Waals surface area contributed by atoms with Gasteiger partial charge in [-0.3, -0.25) is 14.3 Å². The molecule has 1 atom stereocenters. The number of aromatic nitrogens is 2. The van der Waals surface area contributed by atoms with Gasteiger partial charge in [0.15, 0.2) is 0 Å². The van der Waals surface area contributed by atoms with Crippen molar-refractivity contribution in [2.24, 2.45) is 5.92 Å². The molecule has 1 heterocycles. The standard InChI is InChI=1S/C13H18ClN3O3/c14-10-6-15-17(7-10)8-12(18)16-11(5-13(19)20)9-3-1-2-4-9/h6-7,9,11H,1-5,8H2,(H,16,18)(H,19,20). The maximum absolute atomic E-state index is 12.0. The third kappa shape index (κ3) is 4.23. The predicted molar refractivity (Wildman–Crippen MR) is 73.4 cm³/mol. The van der Waals surface area contributed by atoms with E-state index < -0.39 is 5.97 Å². The monoisotopic (exact) mass is 299 g/mol. The molecule has 1 aliphatic rings. The quantitative estimate of drug-likeness (QED) is 0.837. The van der Waals surface area contributed by atoms with E-state index in [-0.39, 0.29) is 30.8 Å².